The zero-order valence-corrected chi connectivity index (χ0v) is 12.0. The van der Waals surface area contributed by atoms with Crippen LogP contribution in [0.3, 0.4) is 0 Å². The maximum absolute atomic E-state index is 12.1. The first-order valence-electron chi connectivity index (χ1n) is 6.26. The van der Waals surface area contributed by atoms with Crippen LogP contribution in [0, 0.1) is 0 Å². The molecule has 0 aliphatic carbocycles. The fourth-order valence-corrected chi connectivity index (χ4v) is 3.04. The van der Waals surface area contributed by atoms with Crippen molar-refractivity contribution >= 4 is 15.8 Å². The monoisotopic (exact) mass is 274 g/mol. The molecule has 0 aromatic carbocycles. The van der Waals surface area contributed by atoms with Crippen LogP contribution in [0.5, 0.6) is 0 Å². The summed E-state index contributed by atoms with van der Waals surface area (Å²) in [5.41, 5.74) is 5.63. The van der Waals surface area contributed by atoms with Crippen molar-refractivity contribution in [1.29, 1.82) is 0 Å². The molecule has 1 unspecified atom stereocenters. The Labute approximate surface area is 109 Å². The molecule has 1 aromatic rings. The van der Waals surface area contributed by atoms with Crippen LogP contribution in [0.4, 0.5) is 5.82 Å². The van der Waals surface area contributed by atoms with Gasteiger partial charge in [-0.25, -0.2) is 13.1 Å². The van der Waals surface area contributed by atoms with Crippen molar-refractivity contribution < 1.29 is 8.42 Å². The number of hydrogen-bond acceptors (Lipinski definition) is 4. The molecule has 1 aromatic heterocycles. The van der Waals surface area contributed by atoms with Crippen molar-refractivity contribution in [1.82, 2.24) is 14.5 Å². The molecule has 1 heterocycles. The number of aryl methyl sites for hydroxylation is 1. The second-order valence-electron chi connectivity index (χ2n) is 4.40. The number of sulfonamides is 1. The molecule has 0 aliphatic heterocycles. The van der Waals surface area contributed by atoms with Crippen LogP contribution >= 0.6 is 0 Å². The van der Waals surface area contributed by atoms with Gasteiger partial charge in [-0.3, -0.25) is 4.68 Å². The normalized spacial score (nSPS) is 13.7. The topological polar surface area (TPSA) is 90.0 Å². The van der Waals surface area contributed by atoms with Gasteiger partial charge in [0.25, 0.3) is 0 Å². The number of unbranched alkanes of at least 4 members (excludes halogenated alkanes) is 1. The van der Waals surface area contributed by atoms with Gasteiger partial charge in [0.2, 0.25) is 10.0 Å². The Morgan fingerprint density at radius 1 is 1.50 bits per heavy atom. The molecule has 0 amide bonds. The molecule has 3 N–H and O–H groups in total. The summed E-state index contributed by atoms with van der Waals surface area (Å²) in [7, 11) is -3.57. The maximum atomic E-state index is 12.1. The van der Waals surface area contributed by atoms with Crippen molar-refractivity contribution in [2.75, 3.05) is 5.73 Å². The molecule has 0 saturated heterocycles. The van der Waals surface area contributed by atoms with Gasteiger partial charge in [-0.15, -0.1) is 0 Å². The molecule has 0 radical (unpaired) electrons. The maximum Gasteiger partial charge on any atom is 0.246 e. The van der Waals surface area contributed by atoms with E-state index in [9.17, 15) is 8.42 Å². The first kappa shape index (κ1) is 15.0. The summed E-state index contributed by atoms with van der Waals surface area (Å²) >= 11 is 0. The molecule has 0 spiro atoms. The van der Waals surface area contributed by atoms with Gasteiger partial charge in [0.05, 0.1) is 0 Å². The minimum absolute atomic E-state index is 0.0482. The lowest BCUT2D eigenvalue weighted by Gasteiger charge is -2.12. The van der Waals surface area contributed by atoms with Gasteiger partial charge < -0.3 is 5.73 Å². The Bertz CT molecular complexity index is 481. The summed E-state index contributed by atoms with van der Waals surface area (Å²) in [5, 5.41) is 3.94. The van der Waals surface area contributed by atoms with Gasteiger partial charge >= 0.3 is 0 Å². The first-order valence-corrected chi connectivity index (χ1v) is 7.74. The van der Waals surface area contributed by atoms with Gasteiger partial charge in [0, 0.05) is 18.8 Å². The Hall–Kier alpha value is -1.08. The molecular weight excluding hydrogens is 252 g/mol. The van der Waals surface area contributed by atoms with E-state index in [1.54, 1.807) is 0 Å². The molecule has 0 bridgehead atoms. The quantitative estimate of drug-likeness (QED) is 0.785. The molecule has 1 atom stereocenters. The van der Waals surface area contributed by atoms with Crippen LogP contribution in [0.1, 0.15) is 40.0 Å². The molecule has 6 nitrogen and oxygen atoms in total. The van der Waals surface area contributed by atoms with E-state index in [4.69, 9.17) is 5.73 Å². The molecule has 0 aliphatic rings. The van der Waals surface area contributed by atoms with Crippen molar-refractivity contribution in [2.45, 2.75) is 57.5 Å². The summed E-state index contributed by atoms with van der Waals surface area (Å²) in [6, 6.07) is -0.0978. The minimum atomic E-state index is -3.57. The van der Waals surface area contributed by atoms with Gasteiger partial charge in [-0.2, -0.15) is 5.10 Å². The van der Waals surface area contributed by atoms with Crippen LogP contribution in [-0.2, 0) is 16.6 Å². The number of anilines is 1. The van der Waals surface area contributed by atoms with Crippen LogP contribution < -0.4 is 10.5 Å². The van der Waals surface area contributed by atoms with Crippen molar-refractivity contribution in [3.63, 3.8) is 0 Å². The Morgan fingerprint density at radius 2 is 2.17 bits per heavy atom. The van der Waals surface area contributed by atoms with Crippen LogP contribution in [0.15, 0.2) is 11.1 Å². The fraction of sp³-hybridized carbons (Fsp3) is 0.727. The lowest BCUT2D eigenvalue weighted by molar-refractivity contribution is 0.534. The number of nitrogens with zero attached hydrogens (tertiary/aromatic N) is 2. The van der Waals surface area contributed by atoms with E-state index in [2.05, 4.69) is 16.7 Å². The molecule has 0 saturated carbocycles. The van der Waals surface area contributed by atoms with Gasteiger partial charge in [0.15, 0.2) is 5.82 Å². The van der Waals surface area contributed by atoms with Crippen LogP contribution in [0.2, 0.25) is 0 Å². The van der Waals surface area contributed by atoms with Crippen LogP contribution in [0.25, 0.3) is 0 Å². The van der Waals surface area contributed by atoms with E-state index in [1.807, 2.05) is 13.8 Å². The highest BCUT2D eigenvalue weighted by Crippen LogP contribution is 2.17. The third-order valence-corrected chi connectivity index (χ3v) is 4.32. The molecule has 18 heavy (non-hydrogen) atoms. The van der Waals surface area contributed by atoms with Crippen molar-refractivity contribution in [2.24, 2.45) is 0 Å². The number of hydrogen-bond donors (Lipinski definition) is 2. The molecule has 0 fully saturated rings. The van der Waals surface area contributed by atoms with E-state index in [0.717, 1.165) is 19.3 Å². The highest BCUT2D eigenvalue weighted by molar-refractivity contribution is 7.89. The lowest BCUT2D eigenvalue weighted by Crippen LogP contribution is -2.32. The molecule has 104 valence electrons. The highest BCUT2D eigenvalue weighted by Gasteiger charge is 2.22. The average Bonchev–Trinajstić information content (AvgIpc) is 2.68. The SMILES string of the molecule is CCCCC(C)NS(=O)(=O)c1cn(CC)nc1N. The van der Waals surface area contributed by atoms with E-state index >= 15 is 0 Å². The lowest BCUT2D eigenvalue weighted by atomic mass is 10.2. The second-order valence-corrected chi connectivity index (χ2v) is 6.08. The summed E-state index contributed by atoms with van der Waals surface area (Å²) in [5.74, 6) is 0.0482. The van der Waals surface area contributed by atoms with E-state index in [1.165, 1.54) is 10.9 Å². The fourth-order valence-electron chi connectivity index (χ4n) is 1.68. The van der Waals surface area contributed by atoms with Crippen molar-refractivity contribution in [3.8, 4) is 0 Å². The third-order valence-electron chi connectivity index (χ3n) is 2.72. The van der Waals surface area contributed by atoms with Crippen LogP contribution in [-0.4, -0.2) is 24.2 Å². The molecule has 1 rings (SSSR count). The molecular formula is C11H22N4O2S. The van der Waals surface area contributed by atoms with Gasteiger partial charge in [-0.1, -0.05) is 19.8 Å². The molecule has 7 heteroatoms. The van der Waals surface area contributed by atoms with E-state index in [0.29, 0.717) is 6.54 Å². The summed E-state index contributed by atoms with van der Waals surface area (Å²) < 4.78 is 28.4. The number of nitrogens with one attached hydrogen (secondary N) is 1. The number of nitrogens with two attached hydrogens (primary N) is 1. The third kappa shape index (κ3) is 3.71. The minimum Gasteiger partial charge on any atom is -0.381 e. The summed E-state index contributed by atoms with van der Waals surface area (Å²) in [6.45, 7) is 6.39. The van der Waals surface area contributed by atoms with E-state index in [-0.39, 0.29) is 16.8 Å². The van der Waals surface area contributed by atoms with E-state index < -0.39 is 10.0 Å². The van der Waals surface area contributed by atoms with Gasteiger partial charge in [-0.05, 0) is 20.3 Å². The summed E-state index contributed by atoms with van der Waals surface area (Å²) in [4.78, 5) is 0.0627. The zero-order chi connectivity index (χ0) is 13.8. The number of nitrogen functional groups attached to an aromatic ring is 1. The second kappa shape index (κ2) is 6.19. The zero-order valence-electron chi connectivity index (χ0n) is 11.2. The Kier molecular flexibility index (Phi) is 5.15. The number of rotatable bonds is 7. The smallest absolute Gasteiger partial charge is 0.246 e. The summed E-state index contributed by atoms with van der Waals surface area (Å²) in [6.07, 6.45) is 4.32. The van der Waals surface area contributed by atoms with Gasteiger partial charge in [0.1, 0.15) is 4.90 Å². The largest absolute Gasteiger partial charge is 0.381 e. The van der Waals surface area contributed by atoms with Crippen molar-refractivity contribution in [3.05, 3.63) is 6.20 Å². The number of aromatic nitrogens is 2. The predicted octanol–water partition coefficient (Wildman–Crippen LogP) is 1.34. The first-order chi connectivity index (χ1) is 8.40. The highest BCUT2D eigenvalue weighted by atomic mass is 32.2. The standard InChI is InChI=1S/C11H22N4O2S/c1-4-6-7-9(3)14-18(16,17)10-8-15(5-2)13-11(10)12/h8-9,14H,4-7H2,1-3H3,(H2,12,13). The Balaban J connectivity index is 2.82. The average molecular weight is 274 g/mol. The Morgan fingerprint density at radius 3 is 2.67 bits per heavy atom. The predicted molar refractivity (Wildman–Crippen MR) is 71.6 cm³/mol.